The molecule has 24 heavy (non-hydrogen) atoms. The Labute approximate surface area is 145 Å². The van der Waals surface area contributed by atoms with Crippen molar-refractivity contribution in [2.75, 3.05) is 5.73 Å². The van der Waals surface area contributed by atoms with E-state index in [4.69, 9.17) is 11.1 Å². The number of benzene rings is 2. The summed E-state index contributed by atoms with van der Waals surface area (Å²) in [6.07, 6.45) is 6.66. The molecule has 0 atom stereocenters. The number of aryl methyl sites for hydroxylation is 2. The molecule has 2 aromatic carbocycles. The Bertz CT molecular complexity index is 811. The largest absolute Gasteiger partial charge is 0.398 e. The minimum absolute atomic E-state index is 0.651. The van der Waals surface area contributed by atoms with Crippen molar-refractivity contribution < 1.29 is 0 Å². The second-order valence-electron chi connectivity index (χ2n) is 6.16. The molecule has 0 bridgehead atoms. The van der Waals surface area contributed by atoms with E-state index in [-0.39, 0.29) is 0 Å². The van der Waals surface area contributed by atoms with E-state index in [1.54, 1.807) is 0 Å². The van der Waals surface area contributed by atoms with Crippen LogP contribution >= 0.6 is 0 Å². The fraction of sp³-hybridized carbons (Fsp3) is 0.227. The van der Waals surface area contributed by atoms with Gasteiger partial charge in [-0.3, -0.25) is 0 Å². The van der Waals surface area contributed by atoms with Crippen molar-refractivity contribution in [3.05, 3.63) is 76.4 Å². The fourth-order valence-corrected chi connectivity index (χ4v) is 2.85. The number of anilines is 1. The van der Waals surface area contributed by atoms with Gasteiger partial charge >= 0.3 is 0 Å². The van der Waals surface area contributed by atoms with Gasteiger partial charge in [-0.05, 0) is 67.2 Å². The first-order valence-corrected chi connectivity index (χ1v) is 8.33. The fourth-order valence-electron chi connectivity index (χ4n) is 2.85. The van der Waals surface area contributed by atoms with E-state index >= 15 is 0 Å². The zero-order valence-electron chi connectivity index (χ0n) is 15.0. The van der Waals surface area contributed by atoms with Crippen LogP contribution in [0.15, 0.2) is 48.6 Å². The minimum atomic E-state index is 0.651. The third-order valence-electron chi connectivity index (χ3n) is 4.25. The first kappa shape index (κ1) is 17.7. The summed E-state index contributed by atoms with van der Waals surface area (Å²) in [6.45, 7) is 8.47. The quantitative estimate of drug-likeness (QED) is 0.312. The first-order valence-electron chi connectivity index (χ1n) is 8.33. The number of nitrogen functional groups attached to an aromatic ring is 1. The molecule has 2 nitrogen and oxygen atoms in total. The zero-order valence-corrected chi connectivity index (χ0v) is 15.0. The lowest BCUT2D eigenvalue weighted by Gasteiger charge is -2.15. The predicted octanol–water partition coefficient (Wildman–Crippen LogP) is 5.78. The summed E-state index contributed by atoms with van der Waals surface area (Å²) in [5.74, 6) is 0. The summed E-state index contributed by atoms with van der Waals surface area (Å²) in [7, 11) is 0. The Balaban J connectivity index is 2.72. The molecule has 0 saturated carbocycles. The highest BCUT2D eigenvalue weighted by Crippen LogP contribution is 2.31. The van der Waals surface area contributed by atoms with Gasteiger partial charge < -0.3 is 11.1 Å². The molecule has 0 heterocycles. The number of rotatable bonds is 5. The Morgan fingerprint density at radius 3 is 2.54 bits per heavy atom. The zero-order chi connectivity index (χ0) is 17.7. The normalized spacial score (nSPS) is 12.3. The Kier molecular flexibility index (Phi) is 5.75. The molecule has 2 heteroatoms. The number of allylic oxidation sites excluding steroid dienone is 4. The number of nitrogens with two attached hydrogens (primary N) is 1. The van der Waals surface area contributed by atoms with Gasteiger partial charge in [-0.1, -0.05) is 48.9 Å². The van der Waals surface area contributed by atoms with Crippen molar-refractivity contribution in [1.29, 1.82) is 5.41 Å². The Hall–Kier alpha value is -2.61. The van der Waals surface area contributed by atoms with Gasteiger partial charge in [0.25, 0.3) is 0 Å². The Morgan fingerprint density at radius 1 is 1.17 bits per heavy atom. The van der Waals surface area contributed by atoms with E-state index < -0.39 is 0 Å². The SMILES string of the molecule is CC/C=C\C(=C(/C)c1cccc(C)c1)c1cc(C=N)c(N)cc1C. The van der Waals surface area contributed by atoms with Crippen LogP contribution in [-0.2, 0) is 0 Å². The molecule has 0 saturated heterocycles. The van der Waals surface area contributed by atoms with Gasteiger partial charge in [0.15, 0.2) is 0 Å². The molecule has 3 N–H and O–H groups in total. The molecular formula is C22H26N2. The number of nitrogens with one attached hydrogen (secondary N) is 1. The van der Waals surface area contributed by atoms with Gasteiger partial charge in [0.05, 0.1) is 0 Å². The summed E-state index contributed by atoms with van der Waals surface area (Å²) in [4.78, 5) is 0. The standard InChI is InChI=1S/C22H26N2/c1-5-6-10-20(17(4)18-9-7-8-15(2)11-18)21-13-19(14-23)22(24)12-16(21)3/h6-14,23H,5,24H2,1-4H3/b10-6-,20-17-,23-14?. The summed E-state index contributed by atoms with van der Waals surface area (Å²) < 4.78 is 0. The maximum Gasteiger partial charge on any atom is 0.0406 e. The van der Waals surface area contributed by atoms with E-state index in [9.17, 15) is 0 Å². The minimum Gasteiger partial charge on any atom is -0.398 e. The average molecular weight is 318 g/mol. The van der Waals surface area contributed by atoms with Crippen LogP contribution in [0.3, 0.4) is 0 Å². The van der Waals surface area contributed by atoms with Crippen LogP contribution in [0.5, 0.6) is 0 Å². The smallest absolute Gasteiger partial charge is 0.0406 e. The third-order valence-corrected chi connectivity index (χ3v) is 4.25. The lowest BCUT2D eigenvalue weighted by Crippen LogP contribution is -1.99. The van der Waals surface area contributed by atoms with Crippen LogP contribution in [0.4, 0.5) is 5.69 Å². The molecule has 0 aromatic heterocycles. The van der Waals surface area contributed by atoms with Crippen molar-refractivity contribution in [3.63, 3.8) is 0 Å². The average Bonchev–Trinajstić information content (AvgIpc) is 2.56. The Morgan fingerprint density at radius 2 is 1.92 bits per heavy atom. The van der Waals surface area contributed by atoms with Crippen molar-refractivity contribution in [3.8, 4) is 0 Å². The molecule has 0 aliphatic carbocycles. The monoisotopic (exact) mass is 318 g/mol. The molecule has 2 rings (SSSR count). The second-order valence-corrected chi connectivity index (χ2v) is 6.16. The van der Waals surface area contributed by atoms with Gasteiger partial charge in [0, 0.05) is 17.5 Å². The van der Waals surface area contributed by atoms with Crippen LogP contribution < -0.4 is 5.73 Å². The van der Waals surface area contributed by atoms with Gasteiger partial charge in [-0.25, -0.2) is 0 Å². The van der Waals surface area contributed by atoms with Crippen LogP contribution in [0.1, 0.15) is 48.1 Å². The molecule has 0 aliphatic rings. The van der Waals surface area contributed by atoms with Crippen molar-refractivity contribution in [1.82, 2.24) is 0 Å². The van der Waals surface area contributed by atoms with Crippen LogP contribution in [-0.4, -0.2) is 6.21 Å². The van der Waals surface area contributed by atoms with Gasteiger partial charge in [-0.15, -0.1) is 0 Å². The van der Waals surface area contributed by atoms with E-state index in [2.05, 4.69) is 64.1 Å². The van der Waals surface area contributed by atoms with Gasteiger partial charge in [0.2, 0.25) is 0 Å². The molecular weight excluding hydrogens is 292 g/mol. The number of hydrogen-bond donors (Lipinski definition) is 2. The second kappa shape index (κ2) is 7.78. The van der Waals surface area contributed by atoms with Crippen molar-refractivity contribution >= 4 is 23.0 Å². The van der Waals surface area contributed by atoms with E-state index in [0.29, 0.717) is 5.69 Å². The summed E-state index contributed by atoms with van der Waals surface area (Å²) in [5, 5.41) is 7.59. The molecule has 0 radical (unpaired) electrons. The van der Waals surface area contributed by atoms with Crippen molar-refractivity contribution in [2.24, 2.45) is 0 Å². The molecule has 0 aliphatic heterocycles. The van der Waals surface area contributed by atoms with E-state index in [1.165, 1.54) is 28.5 Å². The van der Waals surface area contributed by atoms with E-state index in [1.807, 2.05) is 12.1 Å². The summed E-state index contributed by atoms with van der Waals surface area (Å²) in [5.41, 5.74) is 14.6. The highest BCUT2D eigenvalue weighted by atomic mass is 14.6. The maximum absolute atomic E-state index is 7.59. The molecule has 0 spiro atoms. The van der Waals surface area contributed by atoms with Crippen LogP contribution in [0, 0.1) is 19.3 Å². The van der Waals surface area contributed by atoms with Crippen LogP contribution in [0.2, 0.25) is 0 Å². The van der Waals surface area contributed by atoms with Crippen LogP contribution in [0.25, 0.3) is 11.1 Å². The van der Waals surface area contributed by atoms with Crippen molar-refractivity contribution in [2.45, 2.75) is 34.1 Å². The summed E-state index contributed by atoms with van der Waals surface area (Å²) >= 11 is 0. The lowest BCUT2D eigenvalue weighted by atomic mass is 9.90. The van der Waals surface area contributed by atoms with Gasteiger partial charge in [0.1, 0.15) is 0 Å². The molecule has 124 valence electrons. The van der Waals surface area contributed by atoms with E-state index in [0.717, 1.165) is 23.1 Å². The lowest BCUT2D eigenvalue weighted by molar-refractivity contribution is 1.22. The summed E-state index contributed by atoms with van der Waals surface area (Å²) in [6, 6.07) is 12.5. The van der Waals surface area contributed by atoms with Gasteiger partial charge in [-0.2, -0.15) is 0 Å². The predicted molar refractivity (Wildman–Crippen MR) is 107 cm³/mol. The highest BCUT2D eigenvalue weighted by molar-refractivity contribution is 5.98. The topological polar surface area (TPSA) is 49.9 Å². The molecule has 2 aromatic rings. The first-order chi connectivity index (χ1) is 11.5. The molecule has 0 unspecified atom stereocenters. The third kappa shape index (κ3) is 3.83. The molecule has 0 fully saturated rings. The number of hydrogen-bond acceptors (Lipinski definition) is 2. The highest BCUT2D eigenvalue weighted by Gasteiger charge is 2.11. The maximum atomic E-state index is 7.59. The molecule has 0 amide bonds.